The fraction of sp³-hybridized carbons (Fsp3) is 0.300. The molecular formula is C20H22N2O3S2. The van der Waals surface area contributed by atoms with Crippen LogP contribution in [0.5, 0.6) is 0 Å². The maximum absolute atomic E-state index is 12.8. The molecule has 142 valence electrons. The Morgan fingerprint density at radius 2 is 1.89 bits per heavy atom. The van der Waals surface area contributed by atoms with E-state index in [2.05, 4.69) is 11.9 Å². The molecule has 0 aliphatic rings. The molecule has 0 unspecified atom stereocenters. The van der Waals surface area contributed by atoms with Crippen LogP contribution in [0.3, 0.4) is 0 Å². The predicted octanol–water partition coefficient (Wildman–Crippen LogP) is 3.87. The first-order valence-electron chi connectivity index (χ1n) is 8.70. The summed E-state index contributed by atoms with van der Waals surface area (Å²) in [6, 6.07) is 10.8. The van der Waals surface area contributed by atoms with E-state index in [1.54, 1.807) is 18.2 Å². The highest BCUT2D eigenvalue weighted by molar-refractivity contribution is 7.90. The SMILES string of the molecule is CCCn1c(=NC(=O)c2cc(C)ccc2C)sc2cc(S(C)(=O)=O)ccc21. The first-order chi connectivity index (χ1) is 12.7. The van der Waals surface area contributed by atoms with Gasteiger partial charge in [0, 0.05) is 18.4 Å². The molecule has 0 spiro atoms. The number of aromatic nitrogens is 1. The van der Waals surface area contributed by atoms with Crippen molar-refractivity contribution >= 4 is 37.3 Å². The number of carbonyl (C=O) groups is 1. The van der Waals surface area contributed by atoms with Crippen molar-refractivity contribution in [1.82, 2.24) is 4.57 Å². The van der Waals surface area contributed by atoms with Gasteiger partial charge in [-0.15, -0.1) is 0 Å². The third-order valence-electron chi connectivity index (χ3n) is 4.35. The fourth-order valence-corrected chi connectivity index (χ4v) is 4.74. The van der Waals surface area contributed by atoms with Gasteiger partial charge >= 0.3 is 0 Å². The van der Waals surface area contributed by atoms with Crippen LogP contribution in [-0.2, 0) is 16.4 Å². The van der Waals surface area contributed by atoms with Crippen LogP contribution < -0.4 is 4.80 Å². The monoisotopic (exact) mass is 402 g/mol. The molecule has 3 rings (SSSR count). The second-order valence-electron chi connectivity index (χ2n) is 6.67. The maximum Gasteiger partial charge on any atom is 0.279 e. The number of rotatable bonds is 4. The van der Waals surface area contributed by atoms with Gasteiger partial charge in [-0.1, -0.05) is 36.0 Å². The van der Waals surface area contributed by atoms with E-state index in [1.807, 2.05) is 36.6 Å². The minimum atomic E-state index is -3.29. The molecule has 27 heavy (non-hydrogen) atoms. The summed E-state index contributed by atoms with van der Waals surface area (Å²) >= 11 is 1.34. The number of carbonyl (C=O) groups excluding carboxylic acids is 1. The summed E-state index contributed by atoms with van der Waals surface area (Å²) in [6.07, 6.45) is 2.07. The number of fused-ring (bicyclic) bond motifs is 1. The molecule has 1 aromatic heterocycles. The summed E-state index contributed by atoms with van der Waals surface area (Å²) in [4.78, 5) is 18.0. The lowest BCUT2D eigenvalue weighted by Gasteiger charge is -2.04. The second kappa shape index (κ2) is 7.40. The molecule has 0 radical (unpaired) electrons. The highest BCUT2D eigenvalue weighted by Crippen LogP contribution is 2.22. The molecule has 0 atom stereocenters. The molecule has 0 fully saturated rings. The lowest BCUT2D eigenvalue weighted by molar-refractivity contribution is 0.0997. The van der Waals surface area contributed by atoms with Gasteiger partial charge in [-0.2, -0.15) is 4.99 Å². The molecule has 1 amide bonds. The first-order valence-corrected chi connectivity index (χ1v) is 11.4. The Labute approximate surface area is 162 Å². The van der Waals surface area contributed by atoms with Crippen LogP contribution in [0.2, 0.25) is 0 Å². The van der Waals surface area contributed by atoms with E-state index < -0.39 is 9.84 Å². The summed E-state index contributed by atoms with van der Waals surface area (Å²) in [6.45, 7) is 6.60. The Bertz CT molecular complexity index is 1200. The van der Waals surface area contributed by atoms with Gasteiger partial charge in [-0.25, -0.2) is 8.42 Å². The van der Waals surface area contributed by atoms with Crippen LogP contribution in [0.4, 0.5) is 0 Å². The minimum Gasteiger partial charge on any atom is -0.316 e. The summed E-state index contributed by atoms with van der Waals surface area (Å²) in [7, 11) is -3.29. The van der Waals surface area contributed by atoms with E-state index in [0.717, 1.165) is 27.8 Å². The van der Waals surface area contributed by atoms with Crippen molar-refractivity contribution < 1.29 is 13.2 Å². The van der Waals surface area contributed by atoms with Gasteiger partial charge in [0.1, 0.15) is 0 Å². The highest BCUT2D eigenvalue weighted by Gasteiger charge is 2.14. The summed E-state index contributed by atoms with van der Waals surface area (Å²) in [5, 5.41) is 0. The summed E-state index contributed by atoms with van der Waals surface area (Å²) in [5.74, 6) is -0.282. The minimum absolute atomic E-state index is 0.271. The molecule has 2 aromatic carbocycles. The number of thiazole rings is 1. The number of hydrogen-bond acceptors (Lipinski definition) is 4. The number of amides is 1. The fourth-order valence-electron chi connectivity index (χ4n) is 2.92. The van der Waals surface area contributed by atoms with Gasteiger partial charge in [0.25, 0.3) is 5.91 Å². The zero-order valence-electron chi connectivity index (χ0n) is 15.8. The van der Waals surface area contributed by atoms with Crippen molar-refractivity contribution in [2.24, 2.45) is 4.99 Å². The Morgan fingerprint density at radius 3 is 2.56 bits per heavy atom. The van der Waals surface area contributed by atoms with Gasteiger partial charge in [0.15, 0.2) is 14.6 Å². The molecule has 5 nitrogen and oxygen atoms in total. The van der Waals surface area contributed by atoms with Gasteiger partial charge < -0.3 is 4.57 Å². The predicted molar refractivity (Wildman–Crippen MR) is 109 cm³/mol. The quantitative estimate of drug-likeness (QED) is 0.665. The average molecular weight is 403 g/mol. The van der Waals surface area contributed by atoms with Crippen LogP contribution in [-0.4, -0.2) is 25.1 Å². The van der Waals surface area contributed by atoms with Crippen molar-refractivity contribution in [3.63, 3.8) is 0 Å². The van der Waals surface area contributed by atoms with E-state index in [9.17, 15) is 13.2 Å². The van der Waals surface area contributed by atoms with Crippen LogP contribution in [0, 0.1) is 13.8 Å². The molecule has 0 N–H and O–H groups in total. The average Bonchev–Trinajstić information content (AvgIpc) is 2.93. The van der Waals surface area contributed by atoms with Crippen LogP contribution in [0.25, 0.3) is 10.2 Å². The van der Waals surface area contributed by atoms with Gasteiger partial charge in [-0.3, -0.25) is 4.79 Å². The Hall–Kier alpha value is -2.25. The molecule has 0 saturated carbocycles. The lowest BCUT2D eigenvalue weighted by atomic mass is 10.1. The summed E-state index contributed by atoms with van der Waals surface area (Å²) in [5.41, 5.74) is 3.38. The standard InChI is InChI=1S/C20H22N2O3S2/c1-5-10-22-17-9-8-15(27(4,24)25)12-18(17)26-20(22)21-19(23)16-11-13(2)6-7-14(16)3/h6-9,11-12H,5,10H2,1-4H3. The van der Waals surface area contributed by atoms with Crippen LogP contribution in [0.15, 0.2) is 46.3 Å². The van der Waals surface area contributed by atoms with Crippen molar-refractivity contribution in [2.75, 3.05) is 6.26 Å². The molecule has 7 heteroatoms. The van der Waals surface area contributed by atoms with E-state index >= 15 is 0 Å². The normalized spacial score (nSPS) is 12.7. The van der Waals surface area contributed by atoms with Crippen molar-refractivity contribution in [3.05, 3.63) is 57.9 Å². The number of sulfone groups is 1. The molecular weight excluding hydrogens is 380 g/mol. The van der Waals surface area contributed by atoms with Crippen LogP contribution in [0.1, 0.15) is 34.8 Å². The number of hydrogen-bond donors (Lipinski definition) is 0. The van der Waals surface area contributed by atoms with Crippen molar-refractivity contribution in [2.45, 2.75) is 38.6 Å². The smallest absolute Gasteiger partial charge is 0.279 e. The maximum atomic E-state index is 12.8. The number of benzene rings is 2. The largest absolute Gasteiger partial charge is 0.316 e. The molecule has 0 aliphatic carbocycles. The first kappa shape index (κ1) is 19.5. The molecule has 3 aromatic rings. The Kier molecular flexibility index (Phi) is 5.35. The van der Waals surface area contributed by atoms with E-state index in [4.69, 9.17) is 0 Å². The van der Waals surface area contributed by atoms with E-state index in [1.165, 1.54) is 17.6 Å². The van der Waals surface area contributed by atoms with Gasteiger partial charge in [-0.05, 0) is 50.1 Å². The van der Waals surface area contributed by atoms with Crippen molar-refractivity contribution in [3.8, 4) is 0 Å². The summed E-state index contributed by atoms with van der Waals surface area (Å²) < 4.78 is 26.5. The third-order valence-corrected chi connectivity index (χ3v) is 6.50. The lowest BCUT2D eigenvalue weighted by Crippen LogP contribution is -2.17. The molecule has 0 bridgehead atoms. The van der Waals surface area contributed by atoms with Gasteiger partial charge in [0.2, 0.25) is 0 Å². The van der Waals surface area contributed by atoms with E-state index in [-0.39, 0.29) is 10.8 Å². The number of nitrogens with zero attached hydrogens (tertiary/aromatic N) is 2. The molecule has 1 heterocycles. The zero-order valence-corrected chi connectivity index (χ0v) is 17.4. The highest BCUT2D eigenvalue weighted by atomic mass is 32.2. The molecule has 0 aliphatic heterocycles. The second-order valence-corrected chi connectivity index (χ2v) is 9.70. The van der Waals surface area contributed by atoms with E-state index in [0.29, 0.717) is 16.9 Å². The Balaban J connectivity index is 2.20. The number of aryl methyl sites for hydroxylation is 3. The van der Waals surface area contributed by atoms with Gasteiger partial charge in [0.05, 0.1) is 15.1 Å². The van der Waals surface area contributed by atoms with Crippen LogP contribution >= 0.6 is 11.3 Å². The van der Waals surface area contributed by atoms with Crippen molar-refractivity contribution in [1.29, 1.82) is 0 Å². The zero-order chi connectivity index (χ0) is 19.8. The Morgan fingerprint density at radius 1 is 1.15 bits per heavy atom. The third kappa shape index (κ3) is 4.04. The topological polar surface area (TPSA) is 68.5 Å². The molecule has 0 saturated heterocycles.